The molecule has 0 unspecified atom stereocenters. The molecule has 0 aliphatic rings. The number of non-ortho nitro benzene ring substituents is 1. The summed E-state index contributed by atoms with van der Waals surface area (Å²) in [6, 6.07) is 12.5. The Labute approximate surface area is 208 Å². The lowest BCUT2D eigenvalue weighted by molar-refractivity contribution is -0.384. The van der Waals surface area contributed by atoms with Crippen molar-refractivity contribution < 1.29 is 14.1 Å². The van der Waals surface area contributed by atoms with E-state index in [0.29, 0.717) is 11.0 Å². The van der Waals surface area contributed by atoms with Crippen LogP contribution in [0.5, 0.6) is 5.75 Å². The number of hydrogen-bond acceptors (Lipinski definition) is 6. The Morgan fingerprint density at radius 2 is 1.54 bits per heavy atom. The van der Waals surface area contributed by atoms with Crippen LogP contribution in [-0.2, 0) is 6.42 Å². The molecule has 0 spiro atoms. The first-order valence-corrected chi connectivity index (χ1v) is 13.1. The lowest BCUT2D eigenvalue weighted by atomic mass is 10.1. The topological polar surface area (TPSA) is 89.6 Å². The van der Waals surface area contributed by atoms with Crippen molar-refractivity contribution in [2.45, 2.75) is 84.5 Å². The van der Waals surface area contributed by atoms with Crippen molar-refractivity contribution in [2.24, 2.45) is 0 Å². The maximum Gasteiger partial charge on any atom is 0.270 e. The molecule has 0 aliphatic heterocycles. The number of nitro groups is 1. The number of nitro benzene ring substituents is 1. The van der Waals surface area contributed by atoms with Crippen molar-refractivity contribution in [1.29, 1.82) is 0 Å². The van der Waals surface area contributed by atoms with Gasteiger partial charge in [0.25, 0.3) is 5.69 Å². The zero-order chi connectivity index (χ0) is 24.9. The number of aryl methyl sites for hydroxylation is 1. The van der Waals surface area contributed by atoms with Crippen LogP contribution in [0.15, 0.2) is 46.9 Å². The maximum absolute atomic E-state index is 11.2. The Morgan fingerprint density at radius 3 is 2.23 bits per heavy atom. The van der Waals surface area contributed by atoms with Crippen LogP contribution < -0.4 is 15.6 Å². The van der Waals surface area contributed by atoms with E-state index in [-0.39, 0.29) is 10.6 Å². The number of hydrazine groups is 1. The first kappa shape index (κ1) is 26.4. The van der Waals surface area contributed by atoms with Crippen molar-refractivity contribution in [3.05, 3.63) is 58.3 Å². The molecule has 2 aromatic carbocycles. The van der Waals surface area contributed by atoms with Gasteiger partial charge in [-0.05, 0) is 43.2 Å². The fourth-order valence-electron chi connectivity index (χ4n) is 4.10. The zero-order valence-corrected chi connectivity index (χ0v) is 21.1. The number of furan rings is 1. The van der Waals surface area contributed by atoms with E-state index in [2.05, 4.69) is 24.7 Å². The van der Waals surface area contributed by atoms with Crippen LogP contribution in [0.25, 0.3) is 11.0 Å². The Balaban J connectivity index is 1.51. The van der Waals surface area contributed by atoms with Crippen LogP contribution in [0.2, 0.25) is 0 Å². The minimum Gasteiger partial charge on any atom is -0.494 e. The molecule has 3 rings (SSSR count). The summed E-state index contributed by atoms with van der Waals surface area (Å²) in [6.07, 6.45) is 13.0. The predicted octanol–water partition coefficient (Wildman–Crippen LogP) is 8.64. The van der Waals surface area contributed by atoms with Gasteiger partial charge in [-0.15, -0.1) is 0 Å². The van der Waals surface area contributed by atoms with Gasteiger partial charge in [-0.1, -0.05) is 65.2 Å². The molecular formula is C28H39N3O4. The van der Waals surface area contributed by atoms with Crippen LogP contribution in [0, 0.1) is 10.1 Å². The number of hydrogen-bond donors (Lipinski definition) is 2. The predicted molar refractivity (Wildman–Crippen MR) is 143 cm³/mol. The molecule has 3 aromatic rings. The molecule has 0 radical (unpaired) electrons. The third kappa shape index (κ3) is 8.19. The van der Waals surface area contributed by atoms with Crippen molar-refractivity contribution in [3.63, 3.8) is 0 Å². The molecule has 7 heteroatoms. The SMILES string of the molecule is CCCCCCCCCCOc1ccc(NNc2c(CCCC)oc3ccc([N+](=O)[O-])cc23)cc1. The lowest BCUT2D eigenvalue weighted by Crippen LogP contribution is -2.09. The van der Waals surface area contributed by atoms with E-state index >= 15 is 0 Å². The maximum atomic E-state index is 11.2. The molecule has 35 heavy (non-hydrogen) atoms. The number of unbranched alkanes of at least 4 members (excludes halogenated alkanes) is 8. The Bertz CT molecular complexity index is 1050. The van der Waals surface area contributed by atoms with Crippen molar-refractivity contribution in [3.8, 4) is 5.75 Å². The summed E-state index contributed by atoms with van der Waals surface area (Å²) in [5.41, 5.74) is 8.71. The van der Waals surface area contributed by atoms with E-state index in [0.717, 1.165) is 55.2 Å². The highest BCUT2D eigenvalue weighted by atomic mass is 16.6. The van der Waals surface area contributed by atoms with Crippen LogP contribution in [0.3, 0.4) is 0 Å². The van der Waals surface area contributed by atoms with Gasteiger partial charge in [-0.2, -0.15) is 0 Å². The van der Waals surface area contributed by atoms with E-state index in [1.54, 1.807) is 12.1 Å². The van der Waals surface area contributed by atoms with Crippen LogP contribution in [0.1, 0.15) is 83.8 Å². The van der Waals surface area contributed by atoms with E-state index < -0.39 is 0 Å². The zero-order valence-electron chi connectivity index (χ0n) is 21.1. The van der Waals surface area contributed by atoms with Gasteiger partial charge in [0.05, 0.1) is 22.6 Å². The number of fused-ring (bicyclic) bond motifs is 1. The normalized spacial score (nSPS) is 11.0. The second-order valence-electron chi connectivity index (χ2n) is 9.04. The summed E-state index contributed by atoms with van der Waals surface area (Å²) < 4.78 is 11.9. The number of nitrogens with zero attached hydrogens (tertiary/aromatic N) is 1. The second-order valence-corrected chi connectivity index (χ2v) is 9.04. The molecule has 1 heterocycles. The molecule has 0 aliphatic carbocycles. The van der Waals surface area contributed by atoms with Gasteiger partial charge < -0.3 is 14.6 Å². The molecule has 7 nitrogen and oxygen atoms in total. The Morgan fingerprint density at radius 1 is 0.857 bits per heavy atom. The smallest absolute Gasteiger partial charge is 0.270 e. The van der Waals surface area contributed by atoms with Crippen molar-refractivity contribution in [2.75, 3.05) is 17.5 Å². The highest BCUT2D eigenvalue weighted by Gasteiger charge is 2.17. The molecule has 0 saturated heterocycles. The molecule has 0 saturated carbocycles. The average Bonchev–Trinajstić information content (AvgIpc) is 3.22. The number of ether oxygens (including phenoxy) is 1. The first-order valence-electron chi connectivity index (χ1n) is 13.1. The van der Waals surface area contributed by atoms with Crippen molar-refractivity contribution >= 4 is 28.0 Å². The summed E-state index contributed by atoms with van der Waals surface area (Å²) >= 11 is 0. The molecule has 190 valence electrons. The largest absolute Gasteiger partial charge is 0.494 e. The van der Waals surface area contributed by atoms with Gasteiger partial charge in [0.15, 0.2) is 0 Å². The standard InChI is InChI=1S/C28H39N3O4/c1-3-5-7-8-9-10-11-12-20-34-24-17-14-22(15-18-24)29-30-28-25-21-23(31(32)33)16-19-26(25)35-27(28)13-6-4-2/h14-19,21,29-30H,3-13,20H2,1-2H3. The van der Waals surface area contributed by atoms with Crippen LogP contribution in [0.4, 0.5) is 17.1 Å². The summed E-state index contributed by atoms with van der Waals surface area (Å²) in [7, 11) is 0. The van der Waals surface area contributed by atoms with Gasteiger partial charge in [-0.25, -0.2) is 0 Å². The summed E-state index contributed by atoms with van der Waals surface area (Å²) in [6.45, 7) is 5.11. The third-order valence-corrected chi connectivity index (χ3v) is 6.17. The number of nitrogens with one attached hydrogen (secondary N) is 2. The van der Waals surface area contributed by atoms with Crippen LogP contribution >= 0.6 is 0 Å². The highest BCUT2D eigenvalue weighted by Crippen LogP contribution is 2.34. The molecule has 0 amide bonds. The number of rotatable bonds is 17. The first-order chi connectivity index (χ1) is 17.1. The Hall–Kier alpha value is -3.22. The highest BCUT2D eigenvalue weighted by molar-refractivity contribution is 5.94. The molecule has 2 N–H and O–H groups in total. The van der Waals surface area contributed by atoms with Crippen molar-refractivity contribution in [1.82, 2.24) is 0 Å². The molecular weight excluding hydrogens is 442 g/mol. The van der Waals surface area contributed by atoms with E-state index in [1.807, 2.05) is 24.3 Å². The molecule has 0 atom stereocenters. The van der Waals surface area contributed by atoms with E-state index in [9.17, 15) is 10.1 Å². The lowest BCUT2D eigenvalue weighted by Gasteiger charge is -2.11. The van der Waals surface area contributed by atoms with Gasteiger partial charge in [-0.3, -0.25) is 15.5 Å². The quantitative estimate of drug-likeness (QED) is 0.114. The number of anilines is 2. The minimum atomic E-state index is -0.387. The minimum absolute atomic E-state index is 0.0430. The van der Waals surface area contributed by atoms with Gasteiger partial charge in [0.2, 0.25) is 0 Å². The van der Waals surface area contributed by atoms with Gasteiger partial charge >= 0.3 is 0 Å². The molecule has 1 aromatic heterocycles. The molecule has 0 fully saturated rings. The fraction of sp³-hybridized carbons (Fsp3) is 0.500. The molecule has 0 bridgehead atoms. The monoisotopic (exact) mass is 481 g/mol. The summed E-state index contributed by atoms with van der Waals surface area (Å²) in [5, 5.41) is 11.9. The average molecular weight is 482 g/mol. The summed E-state index contributed by atoms with van der Waals surface area (Å²) in [5.74, 6) is 1.65. The number of benzene rings is 2. The Kier molecular flexibility index (Phi) is 10.7. The van der Waals surface area contributed by atoms with Gasteiger partial charge in [0.1, 0.15) is 22.8 Å². The third-order valence-electron chi connectivity index (χ3n) is 6.17. The summed E-state index contributed by atoms with van der Waals surface area (Å²) in [4.78, 5) is 10.9. The second kappa shape index (κ2) is 14.2. The van der Waals surface area contributed by atoms with E-state index in [4.69, 9.17) is 9.15 Å². The van der Waals surface area contributed by atoms with Crippen LogP contribution in [-0.4, -0.2) is 11.5 Å². The van der Waals surface area contributed by atoms with E-state index in [1.165, 1.54) is 51.0 Å². The van der Waals surface area contributed by atoms with Gasteiger partial charge in [0, 0.05) is 18.6 Å². The fourth-order valence-corrected chi connectivity index (χ4v) is 4.10.